The number of hydrogen-bond donors (Lipinski definition) is 3. The summed E-state index contributed by atoms with van der Waals surface area (Å²) in [5.41, 5.74) is 2.52. The lowest BCUT2D eigenvalue weighted by molar-refractivity contribution is 0.624. The molecular weight excluding hydrogens is 283 g/mol. The van der Waals surface area contributed by atoms with Gasteiger partial charge in [-0.05, 0) is 36.8 Å². The second kappa shape index (κ2) is 5.37. The first-order valence-electron chi connectivity index (χ1n) is 6.75. The van der Waals surface area contributed by atoms with E-state index in [1.807, 2.05) is 25.1 Å². The van der Waals surface area contributed by atoms with Crippen LogP contribution in [0.4, 0.5) is 10.1 Å². The molecule has 3 aromatic rings. The second-order valence-corrected chi connectivity index (χ2v) is 5.02. The second-order valence-electron chi connectivity index (χ2n) is 5.02. The summed E-state index contributed by atoms with van der Waals surface area (Å²) in [6.45, 7) is 1.90. The molecule has 0 aliphatic carbocycles. The Balaban J connectivity index is 1.93. The minimum absolute atomic E-state index is 0.00882. The lowest BCUT2D eigenvalue weighted by Crippen LogP contribution is -2.08. The third-order valence-electron chi connectivity index (χ3n) is 3.54. The lowest BCUT2D eigenvalue weighted by Gasteiger charge is -2.17. The van der Waals surface area contributed by atoms with Crippen molar-refractivity contribution in [3.05, 3.63) is 63.8 Å². The number of hydrogen-bond acceptors (Lipinski definition) is 3. The Labute approximate surface area is 125 Å². The first-order chi connectivity index (χ1) is 10.6. The molecule has 110 valence electrons. The average Bonchev–Trinajstić information content (AvgIpc) is 2.86. The predicted octanol–water partition coefficient (Wildman–Crippen LogP) is 3.04. The van der Waals surface area contributed by atoms with Crippen molar-refractivity contribution >= 4 is 16.7 Å². The van der Waals surface area contributed by atoms with Crippen molar-refractivity contribution in [2.45, 2.75) is 13.0 Å². The van der Waals surface area contributed by atoms with Crippen LogP contribution in [0.2, 0.25) is 0 Å². The molecule has 0 aliphatic heterocycles. The first-order valence-corrected chi connectivity index (χ1v) is 6.75. The maximum atomic E-state index is 13.6. The van der Waals surface area contributed by atoms with Crippen molar-refractivity contribution in [1.82, 2.24) is 9.97 Å². The van der Waals surface area contributed by atoms with E-state index in [1.54, 1.807) is 18.2 Å². The number of benzene rings is 2. The van der Waals surface area contributed by atoms with Gasteiger partial charge < -0.3 is 15.3 Å². The highest BCUT2D eigenvalue weighted by Crippen LogP contribution is 2.25. The molecule has 1 heterocycles. The SMILES string of the molecule is C[C@@H](Nc1cccc(F)c1C#N)c1ccc2[nH]c(=O)[nH]c2c1. The first kappa shape index (κ1) is 13.9. The zero-order valence-corrected chi connectivity index (χ0v) is 11.8. The van der Waals surface area contributed by atoms with E-state index in [2.05, 4.69) is 15.3 Å². The van der Waals surface area contributed by atoms with Gasteiger partial charge >= 0.3 is 5.69 Å². The summed E-state index contributed by atoms with van der Waals surface area (Å²) in [7, 11) is 0. The van der Waals surface area contributed by atoms with Crippen LogP contribution in [-0.4, -0.2) is 9.97 Å². The van der Waals surface area contributed by atoms with Crippen LogP contribution in [0, 0.1) is 17.1 Å². The molecule has 1 atom stereocenters. The molecule has 2 aromatic carbocycles. The van der Waals surface area contributed by atoms with Crippen LogP contribution in [0.15, 0.2) is 41.2 Å². The molecule has 0 amide bonds. The van der Waals surface area contributed by atoms with Gasteiger partial charge in [-0.1, -0.05) is 12.1 Å². The third-order valence-corrected chi connectivity index (χ3v) is 3.54. The Morgan fingerprint density at radius 2 is 2.00 bits per heavy atom. The van der Waals surface area contributed by atoms with Crippen molar-refractivity contribution in [3.63, 3.8) is 0 Å². The largest absolute Gasteiger partial charge is 0.377 e. The van der Waals surface area contributed by atoms with E-state index >= 15 is 0 Å². The number of anilines is 1. The van der Waals surface area contributed by atoms with E-state index in [0.29, 0.717) is 11.2 Å². The molecule has 0 saturated carbocycles. The minimum atomic E-state index is -0.551. The maximum Gasteiger partial charge on any atom is 0.323 e. The molecule has 0 radical (unpaired) electrons. The number of nitrogens with one attached hydrogen (secondary N) is 3. The van der Waals surface area contributed by atoms with E-state index in [-0.39, 0.29) is 17.3 Å². The Bertz CT molecular complexity index is 935. The zero-order valence-electron chi connectivity index (χ0n) is 11.8. The van der Waals surface area contributed by atoms with Crippen LogP contribution in [0.1, 0.15) is 24.1 Å². The summed E-state index contributed by atoms with van der Waals surface area (Å²) in [5, 5.41) is 12.2. The molecule has 0 fully saturated rings. The maximum absolute atomic E-state index is 13.6. The van der Waals surface area contributed by atoms with Gasteiger partial charge in [0.15, 0.2) is 0 Å². The van der Waals surface area contributed by atoms with Crippen molar-refractivity contribution in [2.75, 3.05) is 5.32 Å². The van der Waals surface area contributed by atoms with Gasteiger partial charge in [0.1, 0.15) is 17.4 Å². The van der Waals surface area contributed by atoms with Crippen molar-refractivity contribution < 1.29 is 4.39 Å². The molecule has 3 rings (SSSR count). The number of halogens is 1. The summed E-state index contributed by atoms with van der Waals surface area (Å²) in [6, 6.07) is 11.7. The van der Waals surface area contributed by atoms with Crippen molar-refractivity contribution in [2.24, 2.45) is 0 Å². The highest BCUT2D eigenvalue weighted by molar-refractivity contribution is 5.75. The van der Waals surface area contributed by atoms with Crippen LogP contribution >= 0.6 is 0 Å². The van der Waals surface area contributed by atoms with Gasteiger partial charge in [0.25, 0.3) is 0 Å². The lowest BCUT2D eigenvalue weighted by atomic mass is 10.1. The van der Waals surface area contributed by atoms with Crippen LogP contribution in [-0.2, 0) is 0 Å². The number of H-pyrrole nitrogens is 2. The van der Waals surface area contributed by atoms with Crippen molar-refractivity contribution in [3.8, 4) is 6.07 Å². The number of aromatic amines is 2. The monoisotopic (exact) mass is 296 g/mol. The molecule has 0 spiro atoms. The Hall–Kier alpha value is -3.07. The van der Waals surface area contributed by atoms with Gasteiger partial charge in [0, 0.05) is 6.04 Å². The standard InChI is InChI=1S/C16H13FN4O/c1-9(19-13-4-2-3-12(17)11(13)8-18)10-5-6-14-15(7-10)21-16(22)20-14/h2-7,9,19H,1H3,(H2,20,21,22)/t9-/m1/s1. The minimum Gasteiger partial charge on any atom is -0.377 e. The van der Waals surface area contributed by atoms with Crippen LogP contribution in [0.25, 0.3) is 11.0 Å². The Kier molecular flexibility index (Phi) is 3.39. The van der Waals surface area contributed by atoms with Gasteiger partial charge in [-0.2, -0.15) is 5.26 Å². The van der Waals surface area contributed by atoms with Crippen molar-refractivity contribution in [1.29, 1.82) is 5.26 Å². The summed E-state index contributed by atoms with van der Waals surface area (Å²) >= 11 is 0. The normalized spacial score (nSPS) is 12.0. The third kappa shape index (κ3) is 2.44. The van der Waals surface area contributed by atoms with Crippen LogP contribution in [0.3, 0.4) is 0 Å². The van der Waals surface area contributed by atoms with Gasteiger partial charge in [-0.3, -0.25) is 0 Å². The molecule has 0 aliphatic rings. The Morgan fingerprint density at radius 3 is 2.77 bits per heavy atom. The highest BCUT2D eigenvalue weighted by Gasteiger charge is 2.12. The summed E-state index contributed by atoms with van der Waals surface area (Å²) in [6.07, 6.45) is 0. The highest BCUT2D eigenvalue weighted by atomic mass is 19.1. The topological polar surface area (TPSA) is 84.5 Å². The van der Waals surface area contributed by atoms with Gasteiger partial charge in [-0.15, -0.1) is 0 Å². The molecule has 5 nitrogen and oxygen atoms in total. The number of aromatic nitrogens is 2. The summed E-state index contributed by atoms with van der Waals surface area (Å²) < 4.78 is 13.6. The number of nitrogens with zero attached hydrogens (tertiary/aromatic N) is 1. The fraction of sp³-hybridized carbons (Fsp3) is 0.125. The van der Waals surface area contributed by atoms with E-state index in [4.69, 9.17) is 5.26 Å². The molecular formula is C16H13FN4O. The van der Waals surface area contributed by atoms with Gasteiger partial charge in [0.2, 0.25) is 0 Å². The number of rotatable bonds is 3. The molecule has 0 saturated heterocycles. The van der Waals surface area contributed by atoms with E-state index in [0.717, 1.165) is 11.1 Å². The summed E-state index contributed by atoms with van der Waals surface area (Å²) in [4.78, 5) is 16.7. The van der Waals surface area contributed by atoms with Gasteiger partial charge in [-0.25, -0.2) is 9.18 Å². The predicted molar refractivity (Wildman–Crippen MR) is 82.1 cm³/mol. The van der Waals surface area contributed by atoms with E-state index in [9.17, 15) is 9.18 Å². The molecule has 3 N–H and O–H groups in total. The van der Waals surface area contributed by atoms with E-state index in [1.165, 1.54) is 6.07 Å². The fourth-order valence-electron chi connectivity index (χ4n) is 2.39. The van der Waals surface area contributed by atoms with Crippen LogP contribution in [0.5, 0.6) is 0 Å². The van der Waals surface area contributed by atoms with Crippen LogP contribution < -0.4 is 11.0 Å². The molecule has 6 heteroatoms. The molecule has 22 heavy (non-hydrogen) atoms. The Morgan fingerprint density at radius 1 is 1.23 bits per heavy atom. The number of imidazole rings is 1. The molecule has 1 aromatic heterocycles. The summed E-state index contributed by atoms with van der Waals surface area (Å²) in [5.74, 6) is -0.551. The molecule has 0 bridgehead atoms. The number of fused-ring (bicyclic) bond motifs is 1. The molecule has 0 unspecified atom stereocenters. The zero-order chi connectivity index (χ0) is 15.7. The van der Waals surface area contributed by atoms with Gasteiger partial charge in [0.05, 0.1) is 16.7 Å². The van der Waals surface area contributed by atoms with E-state index < -0.39 is 5.82 Å². The fourth-order valence-corrected chi connectivity index (χ4v) is 2.39. The smallest absolute Gasteiger partial charge is 0.323 e. The number of nitriles is 1. The quantitative estimate of drug-likeness (QED) is 0.694. The average molecular weight is 296 g/mol.